The topological polar surface area (TPSA) is 0 Å². The number of hydrogen-bond acceptors (Lipinski definition) is 0. The Balaban J connectivity index is 0. The van der Waals surface area contributed by atoms with Crippen LogP contribution in [0.3, 0.4) is 0 Å². The predicted octanol–water partition coefficient (Wildman–Crippen LogP) is -3.44. The van der Waals surface area contributed by atoms with Crippen molar-refractivity contribution in [2.24, 2.45) is 0 Å². The quantitative estimate of drug-likeness (QED) is 0.419. The Labute approximate surface area is 95.3 Å². The van der Waals surface area contributed by atoms with Crippen LogP contribution in [0, 0.1) is 0 Å². The summed E-state index contributed by atoms with van der Waals surface area (Å²) in [4.78, 5) is 0. The summed E-state index contributed by atoms with van der Waals surface area (Å²) < 4.78 is 0. The molecule has 1 radical (unpaired) electrons. The summed E-state index contributed by atoms with van der Waals surface area (Å²) in [6.45, 7) is 0. The Morgan fingerprint density at radius 2 is 1.58 bits per heavy atom. The van der Waals surface area contributed by atoms with Crippen LogP contribution in [-0.4, -0.2) is 0 Å². The van der Waals surface area contributed by atoms with Gasteiger partial charge in [0.05, 0.1) is 0 Å². The van der Waals surface area contributed by atoms with E-state index >= 15 is 0 Å². The summed E-state index contributed by atoms with van der Waals surface area (Å²) in [6.07, 6.45) is 0. The summed E-state index contributed by atoms with van der Waals surface area (Å²) >= 11 is 0. The number of halogens is 2. The van der Waals surface area contributed by atoms with Gasteiger partial charge in [-0.3, -0.25) is 0 Å². The summed E-state index contributed by atoms with van der Waals surface area (Å²) in [6, 6.07) is 14.7. The second-order valence-corrected chi connectivity index (χ2v) is 2.15. The molecule has 0 atom stereocenters. The van der Waals surface area contributed by atoms with Gasteiger partial charge in [-0.05, 0) is 0 Å². The van der Waals surface area contributed by atoms with E-state index in [1.807, 2.05) is 0 Å². The standard InChI is InChI=1S/C9H7.2ClH.Cr/c1-2-5-9-7-3-6-8(9)4-1;;;/h1-7H;2*1H;/q-1;;;+3/p-2. The fourth-order valence-corrected chi connectivity index (χ4v) is 1.07. The minimum Gasteiger partial charge on any atom is -1.00 e. The van der Waals surface area contributed by atoms with Gasteiger partial charge in [0.1, 0.15) is 0 Å². The number of rotatable bonds is 0. The molecule has 2 aromatic carbocycles. The summed E-state index contributed by atoms with van der Waals surface area (Å²) in [7, 11) is 0. The largest absolute Gasteiger partial charge is 3.00 e. The van der Waals surface area contributed by atoms with Crippen molar-refractivity contribution in [3.05, 3.63) is 42.5 Å². The smallest absolute Gasteiger partial charge is 1.00 e. The van der Waals surface area contributed by atoms with E-state index in [0.29, 0.717) is 0 Å². The number of fused-ring (bicyclic) bond motifs is 1. The van der Waals surface area contributed by atoms with Gasteiger partial charge in [-0.25, -0.2) is 0 Å². The molecule has 0 bridgehead atoms. The molecule has 0 heterocycles. The Morgan fingerprint density at radius 1 is 0.917 bits per heavy atom. The third kappa shape index (κ3) is 2.77. The molecule has 0 amide bonds. The average molecular weight is 238 g/mol. The van der Waals surface area contributed by atoms with E-state index in [2.05, 4.69) is 42.5 Å². The van der Waals surface area contributed by atoms with Crippen molar-refractivity contribution in [1.29, 1.82) is 0 Å². The predicted molar refractivity (Wildman–Crippen MR) is 39.5 cm³/mol. The molecule has 0 saturated heterocycles. The number of benzene rings is 1. The molecule has 0 N–H and O–H groups in total. The van der Waals surface area contributed by atoms with Crippen LogP contribution in [0.25, 0.3) is 10.8 Å². The van der Waals surface area contributed by atoms with Gasteiger partial charge in [-0.2, -0.15) is 17.5 Å². The van der Waals surface area contributed by atoms with Gasteiger partial charge in [-0.1, -0.05) is 6.07 Å². The van der Waals surface area contributed by atoms with Gasteiger partial charge >= 0.3 is 17.4 Å². The van der Waals surface area contributed by atoms with E-state index in [1.165, 1.54) is 10.8 Å². The van der Waals surface area contributed by atoms with Crippen molar-refractivity contribution in [2.45, 2.75) is 0 Å². The van der Waals surface area contributed by atoms with Crippen LogP contribution in [0.5, 0.6) is 0 Å². The Bertz CT molecular complexity index is 287. The zero-order chi connectivity index (χ0) is 6.10. The van der Waals surface area contributed by atoms with Gasteiger partial charge < -0.3 is 24.8 Å². The Morgan fingerprint density at radius 3 is 2.25 bits per heavy atom. The molecule has 0 fully saturated rings. The minimum absolute atomic E-state index is 0. The summed E-state index contributed by atoms with van der Waals surface area (Å²) in [5, 5.41) is 2.66. The van der Waals surface area contributed by atoms with Crippen LogP contribution in [0.2, 0.25) is 0 Å². The molecule has 0 unspecified atom stereocenters. The van der Waals surface area contributed by atoms with Crippen molar-refractivity contribution < 1.29 is 42.2 Å². The van der Waals surface area contributed by atoms with Gasteiger partial charge in [0.25, 0.3) is 0 Å². The van der Waals surface area contributed by atoms with E-state index in [1.54, 1.807) is 0 Å². The van der Waals surface area contributed by atoms with Crippen molar-refractivity contribution >= 4 is 10.8 Å². The fourth-order valence-electron chi connectivity index (χ4n) is 1.07. The maximum Gasteiger partial charge on any atom is 3.00 e. The maximum absolute atomic E-state index is 2.12. The molecule has 3 heteroatoms. The minimum atomic E-state index is 0. The van der Waals surface area contributed by atoms with E-state index in [0.717, 1.165) is 0 Å². The molecule has 0 aliphatic carbocycles. The van der Waals surface area contributed by atoms with Crippen LogP contribution >= 0.6 is 0 Å². The van der Waals surface area contributed by atoms with Gasteiger partial charge in [-0.15, -0.1) is 29.7 Å². The van der Waals surface area contributed by atoms with Crippen molar-refractivity contribution in [3.8, 4) is 0 Å². The zero-order valence-corrected chi connectivity index (χ0v) is 8.99. The van der Waals surface area contributed by atoms with E-state index in [-0.39, 0.29) is 42.2 Å². The molecule has 0 aliphatic heterocycles. The normalized spacial score (nSPS) is 7.67. The molecule has 2 aromatic rings. The Kier molecular flexibility index (Phi) is 7.78. The molecule has 0 nitrogen and oxygen atoms in total. The third-order valence-electron chi connectivity index (χ3n) is 1.55. The molecule has 0 spiro atoms. The summed E-state index contributed by atoms with van der Waals surface area (Å²) in [5.41, 5.74) is 0. The van der Waals surface area contributed by atoms with Gasteiger partial charge in [0.15, 0.2) is 0 Å². The second-order valence-electron chi connectivity index (χ2n) is 2.15. The van der Waals surface area contributed by atoms with Crippen molar-refractivity contribution in [3.63, 3.8) is 0 Å². The number of hydrogen-bond donors (Lipinski definition) is 0. The first kappa shape index (κ1) is 14.5. The zero-order valence-electron chi connectivity index (χ0n) is 6.21. The Hall–Kier alpha value is -0.0575. The van der Waals surface area contributed by atoms with Crippen LogP contribution in [0.15, 0.2) is 42.5 Å². The van der Waals surface area contributed by atoms with E-state index in [4.69, 9.17) is 0 Å². The molecule has 63 valence electrons. The van der Waals surface area contributed by atoms with Crippen LogP contribution in [-0.2, 0) is 17.4 Å². The van der Waals surface area contributed by atoms with E-state index < -0.39 is 0 Å². The van der Waals surface area contributed by atoms with Crippen LogP contribution < -0.4 is 24.8 Å². The molecule has 0 saturated carbocycles. The van der Waals surface area contributed by atoms with E-state index in [9.17, 15) is 0 Å². The molecule has 12 heavy (non-hydrogen) atoms. The SMILES string of the molecule is [Cl-].[Cl-].[Cr+3].c1ccc2[cH-]ccc2c1. The van der Waals surface area contributed by atoms with Crippen LogP contribution in [0.4, 0.5) is 0 Å². The second kappa shape index (κ2) is 6.46. The maximum atomic E-state index is 2.12. The van der Waals surface area contributed by atoms with Crippen molar-refractivity contribution in [2.75, 3.05) is 0 Å². The molecule has 0 aliphatic rings. The van der Waals surface area contributed by atoms with Gasteiger partial charge in [0.2, 0.25) is 0 Å². The average Bonchev–Trinajstić information content (AvgIpc) is 2.33. The molecular weight excluding hydrogens is 231 g/mol. The van der Waals surface area contributed by atoms with Crippen molar-refractivity contribution in [1.82, 2.24) is 0 Å². The monoisotopic (exact) mass is 237 g/mol. The molecule has 2 rings (SSSR count). The first-order valence-corrected chi connectivity index (χ1v) is 3.07. The first-order chi connectivity index (χ1) is 4.47. The third-order valence-corrected chi connectivity index (χ3v) is 1.55. The molecular formula is C9H7Cl2Cr. The van der Waals surface area contributed by atoms with Crippen LogP contribution in [0.1, 0.15) is 0 Å². The first-order valence-electron chi connectivity index (χ1n) is 3.07. The molecule has 0 aromatic heterocycles. The summed E-state index contributed by atoms with van der Waals surface area (Å²) in [5.74, 6) is 0. The fraction of sp³-hybridized carbons (Fsp3) is 0. The van der Waals surface area contributed by atoms with Gasteiger partial charge in [0, 0.05) is 0 Å².